The molecule has 26 heavy (non-hydrogen) atoms. The lowest BCUT2D eigenvalue weighted by Gasteiger charge is -2.18. The first-order valence-electron chi connectivity index (χ1n) is 8.28. The number of H-pyrrole nitrogens is 1. The molecule has 0 aliphatic carbocycles. The Bertz CT molecular complexity index is 833. The third kappa shape index (κ3) is 4.92. The van der Waals surface area contributed by atoms with Crippen LogP contribution >= 0.6 is 23.1 Å². The molecule has 0 radical (unpaired) electrons. The van der Waals surface area contributed by atoms with E-state index < -0.39 is 0 Å². The van der Waals surface area contributed by atoms with E-state index in [1.807, 2.05) is 17.5 Å². The molecule has 1 atom stereocenters. The molecule has 0 aliphatic heterocycles. The van der Waals surface area contributed by atoms with Crippen LogP contribution in [0.5, 0.6) is 0 Å². The number of hydrogen-bond donors (Lipinski definition) is 2. The molecule has 8 heteroatoms. The zero-order valence-electron chi connectivity index (χ0n) is 14.2. The maximum atomic E-state index is 13.2. The molecule has 0 bridgehead atoms. The number of thiophene rings is 1. The smallest absolute Gasteiger partial charge is 0.231 e. The molecule has 2 heterocycles. The molecule has 2 N–H and O–H groups in total. The minimum Gasteiger partial charge on any atom is -0.344 e. The molecule has 0 saturated heterocycles. The van der Waals surface area contributed by atoms with Gasteiger partial charge in [0.25, 0.3) is 0 Å². The van der Waals surface area contributed by atoms with E-state index in [1.165, 1.54) is 23.9 Å². The van der Waals surface area contributed by atoms with E-state index in [-0.39, 0.29) is 23.5 Å². The van der Waals surface area contributed by atoms with Crippen LogP contribution in [0.25, 0.3) is 0 Å². The normalized spacial score (nSPS) is 12.1. The molecule has 5 nitrogen and oxygen atoms in total. The fourth-order valence-electron chi connectivity index (χ4n) is 2.45. The molecule has 0 saturated carbocycles. The number of aromatic nitrogens is 3. The highest BCUT2D eigenvalue weighted by atomic mass is 32.2. The molecule has 0 spiro atoms. The summed E-state index contributed by atoms with van der Waals surface area (Å²) in [6.07, 6.45) is 1.82. The SMILES string of the molecule is CCCc1nc(SCC(=O)N[C@H](c2ccc(F)cc2)c2cccs2)n[nH]1. The van der Waals surface area contributed by atoms with Gasteiger partial charge in [-0.25, -0.2) is 9.37 Å². The fourth-order valence-corrected chi connectivity index (χ4v) is 3.88. The van der Waals surface area contributed by atoms with Crippen LogP contribution in [0.1, 0.15) is 35.7 Å². The first-order valence-corrected chi connectivity index (χ1v) is 10.1. The van der Waals surface area contributed by atoms with Crippen molar-refractivity contribution in [2.75, 3.05) is 5.75 Å². The van der Waals surface area contributed by atoms with Crippen molar-refractivity contribution in [2.24, 2.45) is 0 Å². The van der Waals surface area contributed by atoms with Crippen LogP contribution in [-0.2, 0) is 11.2 Å². The third-order valence-corrected chi connectivity index (χ3v) is 5.45. The van der Waals surface area contributed by atoms with Crippen molar-refractivity contribution >= 4 is 29.0 Å². The summed E-state index contributed by atoms with van der Waals surface area (Å²) in [5.74, 6) is 0.623. The zero-order valence-corrected chi connectivity index (χ0v) is 15.9. The molecular weight excluding hydrogens is 371 g/mol. The van der Waals surface area contributed by atoms with Gasteiger partial charge in [0.15, 0.2) is 0 Å². The average molecular weight is 391 g/mol. The van der Waals surface area contributed by atoms with Gasteiger partial charge in [-0.1, -0.05) is 36.9 Å². The van der Waals surface area contributed by atoms with E-state index >= 15 is 0 Å². The number of hydrogen-bond acceptors (Lipinski definition) is 5. The van der Waals surface area contributed by atoms with E-state index in [4.69, 9.17) is 0 Å². The largest absolute Gasteiger partial charge is 0.344 e. The molecule has 0 aliphatic rings. The Morgan fingerprint density at radius 1 is 1.35 bits per heavy atom. The number of carbonyl (C=O) groups excluding carboxylic acids is 1. The van der Waals surface area contributed by atoms with Crippen molar-refractivity contribution in [3.05, 3.63) is 63.9 Å². The number of rotatable bonds is 8. The van der Waals surface area contributed by atoms with Gasteiger partial charge in [0, 0.05) is 11.3 Å². The van der Waals surface area contributed by atoms with Gasteiger partial charge in [-0.05, 0) is 35.6 Å². The predicted octanol–water partition coefficient (Wildman–Crippen LogP) is 3.96. The Labute approximate surface area is 159 Å². The lowest BCUT2D eigenvalue weighted by Crippen LogP contribution is -2.30. The van der Waals surface area contributed by atoms with Crippen LogP contribution < -0.4 is 5.32 Å². The van der Waals surface area contributed by atoms with Crippen LogP contribution in [0.15, 0.2) is 46.9 Å². The second-order valence-corrected chi connectivity index (χ2v) is 7.59. The van der Waals surface area contributed by atoms with E-state index in [0.717, 1.165) is 29.1 Å². The Morgan fingerprint density at radius 2 is 2.15 bits per heavy atom. The van der Waals surface area contributed by atoms with Gasteiger partial charge in [0.1, 0.15) is 11.6 Å². The fraction of sp³-hybridized carbons (Fsp3) is 0.278. The van der Waals surface area contributed by atoms with Gasteiger partial charge in [-0.2, -0.15) is 0 Å². The van der Waals surface area contributed by atoms with E-state index in [9.17, 15) is 9.18 Å². The van der Waals surface area contributed by atoms with Crippen molar-refractivity contribution in [1.82, 2.24) is 20.5 Å². The second kappa shape index (κ2) is 8.95. The van der Waals surface area contributed by atoms with Crippen molar-refractivity contribution < 1.29 is 9.18 Å². The maximum absolute atomic E-state index is 13.2. The number of aromatic amines is 1. The number of thioether (sulfide) groups is 1. The predicted molar refractivity (Wildman–Crippen MR) is 102 cm³/mol. The first-order chi connectivity index (χ1) is 12.7. The van der Waals surface area contributed by atoms with Crippen LogP contribution in [0.3, 0.4) is 0 Å². The maximum Gasteiger partial charge on any atom is 0.231 e. The highest BCUT2D eigenvalue weighted by molar-refractivity contribution is 7.99. The molecular formula is C18H19FN4OS2. The number of halogens is 1. The van der Waals surface area contributed by atoms with E-state index in [1.54, 1.807) is 23.5 Å². The number of amides is 1. The van der Waals surface area contributed by atoms with E-state index in [0.29, 0.717) is 5.16 Å². The van der Waals surface area contributed by atoms with Crippen LogP contribution in [-0.4, -0.2) is 26.8 Å². The van der Waals surface area contributed by atoms with Crippen LogP contribution in [0.4, 0.5) is 4.39 Å². The summed E-state index contributed by atoms with van der Waals surface area (Å²) in [7, 11) is 0. The Kier molecular flexibility index (Phi) is 6.40. The van der Waals surface area contributed by atoms with Crippen molar-refractivity contribution in [2.45, 2.75) is 31.0 Å². The van der Waals surface area contributed by atoms with Crippen molar-refractivity contribution in [1.29, 1.82) is 0 Å². The summed E-state index contributed by atoms with van der Waals surface area (Å²) < 4.78 is 13.2. The Hall–Kier alpha value is -2.19. The number of carbonyl (C=O) groups is 1. The highest BCUT2D eigenvalue weighted by Gasteiger charge is 2.18. The molecule has 1 amide bonds. The first kappa shape index (κ1) is 18.6. The average Bonchev–Trinajstić information content (AvgIpc) is 3.31. The molecule has 2 aromatic heterocycles. The molecule has 136 valence electrons. The van der Waals surface area contributed by atoms with Crippen molar-refractivity contribution in [3.8, 4) is 0 Å². The van der Waals surface area contributed by atoms with Crippen LogP contribution in [0, 0.1) is 5.82 Å². The summed E-state index contributed by atoms with van der Waals surface area (Å²) in [4.78, 5) is 17.8. The zero-order chi connectivity index (χ0) is 18.4. The topological polar surface area (TPSA) is 70.7 Å². The van der Waals surface area contributed by atoms with Gasteiger partial charge in [0.2, 0.25) is 11.1 Å². The summed E-state index contributed by atoms with van der Waals surface area (Å²) in [6.45, 7) is 2.07. The Balaban J connectivity index is 1.64. The monoisotopic (exact) mass is 390 g/mol. The summed E-state index contributed by atoms with van der Waals surface area (Å²) in [5, 5.41) is 12.5. The number of aryl methyl sites for hydroxylation is 1. The second-order valence-electron chi connectivity index (χ2n) is 5.67. The molecule has 0 unspecified atom stereocenters. The minimum absolute atomic E-state index is 0.125. The molecule has 3 rings (SSSR count). The summed E-state index contributed by atoms with van der Waals surface area (Å²) >= 11 is 2.84. The number of nitrogens with one attached hydrogen (secondary N) is 2. The Morgan fingerprint density at radius 3 is 2.85 bits per heavy atom. The number of nitrogens with zero attached hydrogens (tertiary/aromatic N) is 2. The van der Waals surface area contributed by atoms with Crippen LogP contribution in [0.2, 0.25) is 0 Å². The minimum atomic E-state index is -0.300. The van der Waals surface area contributed by atoms with Gasteiger partial charge < -0.3 is 5.32 Å². The number of benzene rings is 1. The van der Waals surface area contributed by atoms with Gasteiger partial charge in [-0.15, -0.1) is 16.4 Å². The van der Waals surface area contributed by atoms with Gasteiger partial charge in [0.05, 0.1) is 11.8 Å². The summed E-state index contributed by atoms with van der Waals surface area (Å²) in [5.41, 5.74) is 0.843. The highest BCUT2D eigenvalue weighted by Crippen LogP contribution is 2.26. The van der Waals surface area contributed by atoms with E-state index in [2.05, 4.69) is 27.4 Å². The molecule has 3 aromatic rings. The summed E-state index contributed by atoms with van der Waals surface area (Å²) in [6, 6.07) is 9.78. The molecule has 1 aromatic carbocycles. The quantitative estimate of drug-likeness (QED) is 0.571. The van der Waals surface area contributed by atoms with Crippen molar-refractivity contribution in [3.63, 3.8) is 0 Å². The van der Waals surface area contributed by atoms with Gasteiger partial charge >= 0.3 is 0 Å². The lowest BCUT2D eigenvalue weighted by molar-refractivity contribution is -0.119. The van der Waals surface area contributed by atoms with Gasteiger partial charge in [-0.3, -0.25) is 9.89 Å². The lowest BCUT2D eigenvalue weighted by atomic mass is 10.1. The third-order valence-electron chi connectivity index (χ3n) is 3.67. The molecule has 0 fully saturated rings. The standard InChI is InChI=1S/C18H19FN4OS2/c1-2-4-15-20-18(23-22-15)26-11-16(24)21-17(14-5-3-10-25-14)12-6-8-13(19)9-7-12/h3,5-10,17H,2,4,11H2,1H3,(H,21,24)(H,20,22,23)/t17-/m1/s1.